The lowest BCUT2D eigenvalue weighted by Gasteiger charge is -2.25. The lowest BCUT2D eigenvalue weighted by atomic mass is 9.98. The van der Waals surface area contributed by atoms with E-state index in [1.165, 1.54) is 0 Å². The van der Waals surface area contributed by atoms with Crippen molar-refractivity contribution in [3.05, 3.63) is 35.9 Å². The van der Waals surface area contributed by atoms with Crippen molar-refractivity contribution in [1.82, 2.24) is 10.6 Å². The number of esters is 1. The summed E-state index contributed by atoms with van der Waals surface area (Å²) in [5.41, 5.74) is 0.848. The van der Waals surface area contributed by atoms with E-state index < -0.39 is 24.2 Å². The predicted molar refractivity (Wildman–Crippen MR) is 116 cm³/mol. The number of rotatable bonds is 11. The van der Waals surface area contributed by atoms with Gasteiger partial charge in [0, 0.05) is 6.04 Å². The first-order valence-electron chi connectivity index (χ1n) is 10.6. The van der Waals surface area contributed by atoms with Gasteiger partial charge in [-0.1, -0.05) is 64.4 Å². The molecule has 1 rings (SSSR count). The van der Waals surface area contributed by atoms with Crippen LogP contribution in [0.5, 0.6) is 0 Å². The average molecular weight is 421 g/mol. The zero-order chi connectivity index (χ0) is 22.7. The molecule has 0 saturated heterocycles. The van der Waals surface area contributed by atoms with Crippen LogP contribution in [0.3, 0.4) is 0 Å². The largest absolute Gasteiger partial charge is 0.458 e. The van der Waals surface area contributed by atoms with Gasteiger partial charge in [-0.15, -0.1) is 0 Å². The van der Waals surface area contributed by atoms with E-state index in [0.29, 0.717) is 12.8 Å². The van der Waals surface area contributed by atoms with E-state index in [-0.39, 0.29) is 30.4 Å². The minimum Gasteiger partial charge on any atom is -0.458 e. The zero-order valence-electron chi connectivity index (χ0n) is 18.9. The molecular formula is C23H36N2O5. The molecule has 0 fully saturated rings. The molecule has 2 amide bonds. The lowest BCUT2D eigenvalue weighted by molar-refractivity contribution is -0.156. The van der Waals surface area contributed by atoms with Gasteiger partial charge in [-0.3, -0.25) is 4.79 Å². The minimum absolute atomic E-state index is 0.0523. The average Bonchev–Trinajstić information content (AvgIpc) is 2.69. The fourth-order valence-corrected chi connectivity index (χ4v) is 2.81. The first kappa shape index (κ1) is 25.5. The van der Waals surface area contributed by atoms with Crippen LogP contribution in [0.2, 0.25) is 0 Å². The molecule has 1 aromatic rings. The van der Waals surface area contributed by atoms with Gasteiger partial charge >= 0.3 is 12.1 Å². The molecule has 1 aromatic carbocycles. The van der Waals surface area contributed by atoms with Crippen LogP contribution in [-0.4, -0.2) is 36.2 Å². The van der Waals surface area contributed by atoms with Crippen LogP contribution in [0.4, 0.5) is 4.79 Å². The Morgan fingerprint density at radius 1 is 0.967 bits per heavy atom. The third kappa shape index (κ3) is 9.29. The molecule has 7 heteroatoms. The number of ether oxygens (including phenoxy) is 2. The van der Waals surface area contributed by atoms with Gasteiger partial charge in [-0.05, 0) is 37.7 Å². The molecule has 0 spiro atoms. The molecule has 0 radical (unpaired) electrons. The first-order valence-corrected chi connectivity index (χ1v) is 10.6. The molecule has 7 nitrogen and oxygen atoms in total. The Morgan fingerprint density at radius 3 is 2.13 bits per heavy atom. The van der Waals surface area contributed by atoms with Gasteiger partial charge in [-0.2, -0.15) is 0 Å². The highest BCUT2D eigenvalue weighted by Gasteiger charge is 2.30. The second-order valence-corrected chi connectivity index (χ2v) is 8.29. The van der Waals surface area contributed by atoms with E-state index in [2.05, 4.69) is 10.6 Å². The highest BCUT2D eigenvalue weighted by Crippen LogP contribution is 2.14. The highest BCUT2D eigenvalue weighted by atomic mass is 16.6. The molecular weight excluding hydrogens is 384 g/mol. The van der Waals surface area contributed by atoms with Crippen LogP contribution in [0, 0.1) is 11.8 Å². The number of benzene rings is 1. The molecule has 3 atom stereocenters. The minimum atomic E-state index is -1.04. The fraction of sp³-hybridized carbons (Fsp3) is 0.609. The van der Waals surface area contributed by atoms with Crippen LogP contribution >= 0.6 is 0 Å². The maximum atomic E-state index is 12.5. The van der Waals surface area contributed by atoms with Gasteiger partial charge in [0.1, 0.15) is 12.6 Å². The maximum absolute atomic E-state index is 12.5. The number of hydrogen-bond acceptors (Lipinski definition) is 5. The van der Waals surface area contributed by atoms with Crippen LogP contribution in [0.25, 0.3) is 0 Å². The molecule has 0 aromatic heterocycles. The Kier molecular flexibility index (Phi) is 10.9. The SMILES string of the molecule is CC[C@H](C)[C@H](NC(=O)O[C@@H](CC(C)C)C(=O)OCc1ccccc1)C(=O)NC(C)C. The summed E-state index contributed by atoms with van der Waals surface area (Å²) in [5, 5.41) is 5.43. The number of alkyl carbamates (subject to hydrolysis) is 1. The molecule has 0 bridgehead atoms. The third-order valence-electron chi connectivity index (χ3n) is 4.62. The Labute approximate surface area is 179 Å². The standard InChI is InChI=1S/C23H36N2O5/c1-7-17(6)20(21(26)24-16(4)5)25-23(28)30-19(13-15(2)3)22(27)29-14-18-11-9-8-10-12-18/h8-12,15-17,19-20H,7,13-14H2,1-6H3,(H,24,26)(H,25,28)/t17-,19-,20-/m0/s1. The maximum Gasteiger partial charge on any atom is 0.408 e. The van der Waals surface area contributed by atoms with Crippen LogP contribution < -0.4 is 10.6 Å². The van der Waals surface area contributed by atoms with Gasteiger partial charge < -0.3 is 20.1 Å². The summed E-state index contributed by atoms with van der Waals surface area (Å²) in [6, 6.07) is 8.49. The Morgan fingerprint density at radius 2 is 1.60 bits per heavy atom. The van der Waals surface area contributed by atoms with Crippen molar-refractivity contribution >= 4 is 18.0 Å². The molecule has 0 aliphatic carbocycles. The van der Waals surface area contributed by atoms with Crippen molar-refractivity contribution in [3.8, 4) is 0 Å². The third-order valence-corrected chi connectivity index (χ3v) is 4.62. The molecule has 0 aliphatic rings. The van der Waals surface area contributed by atoms with E-state index in [0.717, 1.165) is 5.56 Å². The first-order chi connectivity index (χ1) is 14.1. The van der Waals surface area contributed by atoms with Crippen molar-refractivity contribution < 1.29 is 23.9 Å². The van der Waals surface area contributed by atoms with E-state index >= 15 is 0 Å². The van der Waals surface area contributed by atoms with Crippen molar-refractivity contribution in [2.24, 2.45) is 11.8 Å². The summed E-state index contributed by atoms with van der Waals surface area (Å²) < 4.78 is 10.7. The Balaban J connectivity index is 2.77. The summed E-state index contributed by atoms with van der Waals surface area (Å²) in [4.78, 5) is 37.5. The van der Waals surface area contributed by atoms with Crippen LogP contribution in [0.1, 0.15) is 59.9 Å². The smallest absolute Gasteiger partial charge is 0.408 e. The van der Waals surface area contributed by atoms with E-state index in [1.807, 2.05) is 71.9 Å². The Hall–Kier alpha value is -2.57. The molecule has 30 heavy (non-hydrogen) atoms. The van der Waals surface area contributed by atoms with E-state index in [1.54, 1.807) is 0 Å². The molecule has 0 heterocycles. The van der Waals surface area contributed by atoms with Gasteiger partial charge in [-0.25, -0.2) is 9.59 Å². The number of hydrogen-bond donors (Lipinski definition) is 2. The second kappa shape index (κ2) is 12.9. The van der Waals surface area contributed by atoms with Gasteiger partial charge in [0.25, 0.3) is 0 Å². The summed E-state index contributed by atoms with van der Waals surface area (Å²) >= 11 is 0. The van der Waals surface area contributed by atoms with Crippen molar-refractivity contribution in [2.45, 2.75) is 79.2 Å². The summed E-state index contributed by atoms with van der Waals surface area (Å²) in [5.74, 6) is -0.857. The number of carbonyl (C=O) groups is 3. The summed E-state index contributed by atoms with van der Waals surface area (Å²) in [6.45, 7) is 11.5. The van der Waals surface area contributed by atoms with Gasteiger partial charge in [0.2, 0.25) is 12.0 Å². The topological polar surface area (TPSA) is 93.7 Å². The fourth-order valence-electron chi connectivity index (χ4n) is 2.81. The van der Waals surface area contributed by atoms with Gasteiger partial charge in [0.15, 0.2) is 0 Å². The van der Waals surface area contributed by atoms with E-state index in [4.69, 9.17) is 9.47 Å². The second-order valence-electron chi connectivity index (χ2n) is 8.29. The van der Waals surface area contributed by atoms with Crippen molar-refractivity contribution in [1.29, 1.82) is 0 Å². The normalized spacial score (nSPS) is 14.0. The predicted octanol–water partition coefficient (Wildman–Crippen LogP) is 3.81. The van der Waals surface area contributed by atoms with E-state index in [9.17, 15) is 14.4 Å². The van der Waals surface area contributed by atoms with Crippen LogP contribution in [0.15, 0.2) is 30.3 Å². The Bertz CT molecular complexity index is 675. The quantitative estimate of drug-likeness (QED) is 0.531. The van der Waals surface area contributed by atoms with Crippen molar-refractivity contribution in [2.75, 3.05) is 0 Å². The zero-order valence-corrected chi connectivity index (χ0v) is 18.9. The monoisotopic (exact) mass is 420 g/mol. The molecule has 168 valence electrons. The number of amides is 2. The van der Waals surface area contributed by atoms with Gasteiger partial charge in [0.05, 0.1) is 0 Å². The van der Waals surface area contributed by atoms with Crippen molar-refractivity contribution in [3.63, 3.8) is 0 Å². The van der Waals surface area contributed by atoms with Crippen LogP contribution in [-0.2, 0) is 25.7 Å². The molecule has 2 N–H and O–H groups in total. The summed E-state index contributed by atoms with van der Waals surface area (Å²) in [7, 11) is 0. The summed E-state index contributed by atoms with van der Waals surface area (Å²) in [6.07, 6.45) is -0.820. The number of nitrogens with one attached hydrogen (secondary N) is 2. The molecule has 0 saturated carbocycles. The highest BCUT2D eigenvalue weighted by molar-refractivity contribution is 5.87. The number of carbonyl (C=O) groups excluding carboxylic acids is 3. The molecule has 0 unspecified atom stereocenters. The lowest BCUT2D eigenvalue weighted by Crippen LogP contribution is -2.52. The molecule has 0 aliphatic heterocycles.